The Labute approximate surface area is 183 Å². The third-order valence-corrected chi connectivity index (χ3v) is 5.51. The predicted octanol–water partition coefficient (Wildman–Crippen LogP) is 3.38. The highest BCUT2D eigenvalue weighted by molar-refractivity contribution is 6.03. The van der Waals surface area contributed by atoms with E-state index in [0.717, 1.165) is 17.0 Å². The lowest BCUT2D eigenvalue weighted by molar-refractivity contribution is -0.134. The van der Waals surface area contributed by atoms with Gasteiger partial charge in [-0.15, -0.1) is 0 Å². The van der Waals surface area contributed by atoms with Gasteiger partial charge in [0.05, 0.1) is 30.8 Å². The van der Waals surface area contributed by atoms with Crippen LogP contribution in [0.25, 0.3) is 10.9 Å². The first kappa shape index (κ1) is 19.7. The second kappa shape index (κ2) is 8.14. The number of nitrogens with zero attached hydrogens (tertiary/aromatic N) is 4. The fourth-order valence-electron chi connectivity index (χ4n) is 3.89. The van der Waals surface area contributed by atoms with Crippen molar-refractivity contribution in [1.82, 2.24) is 14.8 Å². The maximum atomic E-state index is 13.3. The van der Waals surface area contributed by atoms with Gasteiger partial charge in [-0.2, -0.15) is 10.2 Å². The Bertz CT molecular complexity index is 1360. The molecule has 8 nitrogen and oxygen atoms in total. The largest absolute Gasteiger partial charge is 0.497 e. The molecule has 32 heavy (non-hydrogen) atoms. The standard InChI is InChI=1S/C24H20N4O4/c1-31-17-10-8-16(9-11-17)19-13-21(23-7-4-12-32-23)28(26-19)24(30)15-27-20-6-3-2-5-18(20)22(29)14-25-27/h2-12,14,21H,13,15H2,1H3/t21-/m0/s1. The summed E-state index contributed by atoms with van der Waals surface area (Å²) in [5.74, 6) is 1.15. The van der Waals surface area contributed by atoms with Crippen LogP contribution in [0, 0.1) is 0 Å². The highest BCUT2D eigenvalue weighted by Crippen LogP contribution is 2.33. The van der Waals surface area contributed by atoms with Crippen molar-refractivity contribution in [2.75, 3.05) is 7.11 Å². The molecule has 5 rings (SSSR count). The molecular weight excluding hydrogens is 408 g/mol. The molecule has 2 aromatic heterocycles. The lowest BCUT2D eigenvalue weighted by Gasteiger charge is -2.20. The van der Waals surface area contributed by atoms with Crippen LogP contribution in [0.5, 0.6) is 5.75 Å². The van der Waals surface area contributed by atoms with Crippen LogP contribution in [0.2, 0.25) is 0 Å². The second-order valence-corrected chi connectivity index (χ2v) is 7.43. The van der Waals surface area contributed by atoms with Crippen molar-refractivity contribution in [1.29, 1.82) is 0 Å². The Balaban J connectivity index is 1.48. The summed E-state index contributed by atoms with van der Waals surface area (Å²) in [5, 5.41) is 10.8. The molecule has 0 fully saturated rings. The van der Waals surface area contributed by atoms with E-state index in [-0.39, 0.29) is 23.9 Å². The van der Waals surface area contributed by atoms with E-state index >= 15 is 0 Å². The van der Waals surface area contributed by atoms with Gasteiger partial charge in [-0.25, -0.2) is 5.01 Å². The molecule has 4 aromatic rings. The number of hydrogen-bond donors (Lipinski definition) is 0. The summed E-state index contributed by atoms with van der Waals surface area (Å²) in [4.78, 5) is 25.5. The van der Waals surface area contributed by atoms with Crippen molar-refractivity contribution in [2.24, 2.45) is 5.10 Å². The van der Waals surface area contributed by atoms with Gasteiger partial charge in [0.25, 0.3) is 5.91 Å². The van der Waals surface area contributed by atoms with E-state index in [1.54, 1.807) is 37.6 Å². The number of amides is 1. The first-order valence-corrected chi connectivity index (χ1v) is 10.2. The number of hydrogen-bond acceptors (Lipinski definition) is 6. The van der Waals surface area contributed by atoms with Crippen molar-refractivity contribution in [3.05, 3.63) is 94.7 Å². The Kier molecular flexibility index (Phi) is 5.03. The number of carbonyl (C=O) groups is 1. The molecule has 0 N–H and O–H groups in total. The summed E-state index contributed by atoms with van der Waals surface area (Å²) < 4.78 is 12.4. The molecule has 0 saturated carbocycles. The number of benzene rings is 2. The first-order valence-electron chi connectivity index (χ1n) is 10.2. The van der Waals surface area contributed by atoms with Crippen LogP contribution < -0.4 is 10.2 Å². The van der Waals surface area contributed by atoms with Crippen molar-refractivity contribution >= 4 is 22.5 Å². The van der Waals surface area contributed by atoms with Crippen LogP contribution in [0.15, 0.2) is 87.4 Å². The van der Waals surface area contributed by atoms with Crippen molar-refractivity contribution in [3.63, 3.8) is 0 Å². The minimum Gasteiger partial charge on any atom is -0.497 e. The molecule has 0 saturated heterocycles. The number of hydrazone groups is 1. The van der Waals surface area contributed by atoms with Gasteiger partial charge in [0.1, 0.15) is 24.1 Å². The molecule has 1 aliphatic heterocycles. The molecule has 1 amide bonds. The number of furan rings is 1. The molecule has 0 aliphatic carbocycles. The normalized spacial score (nSPS) is 15.7. The number of para-hydroxylation sites is 1. The monoisotopic (exact) mass is 428 g/mol. The van der Waals surface area contributed by atoms with Gasteiger partial charge in [0.15, 0.2) is 0 Å². The molecule has 0 radical (unpaired) electrons. The molecule has 0 unspecified atom stereocenters. The smallest absolute Gasteiger partial charge is 0.265 e. The lowest BCUT2D eigenvalue weighted by Crippen LogP contribution is -2.31. The minimum absolute atomic E-state index is 0.0581. The Morgan fingerprint density at radius 2 is 1.94 bits per heavy atom. The van der Waals surface area contributed by atoms with Crippen molar-refractivity contribution in [2.45, 2.75) is 19.0 Å². The van der Waals surface area contributed by atoms with Gasteiger partial charge in [0.2, 0.25) is 5.43 Å². The zero-order valence-electron chi connectivity index (χ0n) is 17.3. The van der Waals surface area contributed by atoms with E-state index in [9.17, 15) is 9.59 Å². The highest BCUT2D eigenvalue weighted by atomic mass is 16.5. The molecule has 0 bridgehead atoms. The SMILES string of the molecule is COc1ccc(C2=NN(C(=O)Cn3ncc(=O)c4ccccc43)[C@H](c3ccco3)C2)cc1. The Hall–Kier alpha value is -4.20. The number of ether oxygens (including phenoxy) is 1. The molecule has 2 aromatic carbocycles. The minimum atomic E-state index is -0.361. The average Bonchev–Trinajstić information content (AvgIpc) is 3.51. The summed E-state index contributed by atoms with van der Waals surface area (Å²) >= 11 is 0. The fourth-order valence-corrected chi connectivity index (χ4v) is 3.89. The van der Waals surface area contributed by atoms with Gasteiger partial charge in [-0.3, -0.25) is 14.3 Å². The van der Waals surface area contributed by atoms with Gasteiger partial charge < -0.3 is 9.15 Å². The van der Waals surface area contributed by atoms with Gasteiger partial charge >= 0.3 is 0 Å². The number of aromatic nitrogens is 2. The lowest BCUT2D eigenvalue weighted by atomic mass is 10.0. The number of carbonyl (C=O) groups excluding carboxylic acids is 1. The second-order valence-electron chi connectivity index (χ2n) is 7.43. The van der Waals surface area contributed by atoms with Crippen LogP contribution in [-0.2, 0) is 11.3 Å². The summed E-state index contributed by atoms with van der Waals surface area (Å²) in [6.45, 7) is -0.0581. The van der Waals surface area contributed by atoms with Gasteiger partial charge in [-0.1, -0.05) is 12.1 Å². The fraction of sp³-hybridized carbons (Fsp3) is 0.167. The molecule has 3 heterocycles. The van der Waals surface area contributed by atoms with E-state index in [1.807, 2.05) is 36.4 Å². The van der Waals surface area contributed by atoms with Crippen LogP contribution in [0.3, 0.4) is 0 Å². The maximum absolute atomic E-state index is 13.3. The van der Waals surface area contributed by atoms with Crippen LogP contribution >= 0.6 is 0 Å². The topological polar surface area (TPSA) is 89.9 Å². The quantitative estimate of drug-likeness (QED) is 0.486. The van der Waals surface area contributed by atoms with Crippen molar-refractivity contribution < 1.29 is 13.9 Å². The summed E-state index contributed by atoms with van der Waals surface area (Å²) in [6, 6.07) is 17.9. The number of rotatable bonds is 5. The number of fused-ring (bicyclic) bond motifs is 1. The molecule has 1 aliphatic rings. The third kappa shape index (κ3) is 3.56. The van der Waals surface area contributed by atoms with E-state index in [2.05, 4.69) is 10.2 Å². The summed E-state index contributed by atoms with van der Waals surface area (Å²) in [6.07, 6.45) is 3.33. The van der Waals surface area contributed by atoms with E-state index in [1.165, 1.54) is 15.9 Å². The van der Waals surface area contributed by atoms with Crippen LogP contribution in [0.1, 0.15) is 23.8 Å². The third-order valence-electron chi connectivity index (χ3n) is 5.51. The zero-order chi connectivity index (χ0) is 22.1. The average molecular weight is 428 g/mol. The van der Waals surface area contributed by atoms with E-state index in [0.29, 0.717) is 23.1 Å². The highest BCUT2D eigenvalue weighted by Gasteiger charge is 2.35. The van der Waals surface area contributed by atoms with Gasteiger partial charge in [-0.05, 0) is 54.1 Å². The zero-order valence-corrected chi connectivity index (χ0v) is 17.3. The van der Waals surface area contributed by atoms with Crippen molar-refractivity contribution in [3.8, 4) is 5.75 Å². The van der Waals surface area contributed by atoms with E-state index < -0.39 is 0 Å². The number of methoxy groups -OCH3 is 1. The Morgan fingerprint density at radius 3 is 2.69 bits per heavy atom. The summed E-state index contributed by atoms with van der Waals surface area (Å²) in [7, 11) is 1.62. The van der Waals surface area contributed by atoms with Crippen LogP contribution in [-0.4, -0.2) is 33.5 Å². The van der Waals surface area contributed by atoms with Gasteiger partial charge in [0, 0.05) is 11.8 Å². The van der Waals surface area contributed by atoms with Crippen LogP contribution in [0.4, 0.5) is 0 Å². The predicted molar refractivity (Wildman–Crippen MR) is 118 cm³/mol. The molecule has 8 heteroatoms. The molecule has 160 valence electrons. The molecule has 0 spiro atoms. The van der Waals surface area contributed by atoms with E-state index in [4.69, 9.17) is 9.15 Å². The molecule has 1 atom stereocenters. The molecular formula is C24H20N4O4. The maximum Gasteiger partial charge on any atom is 0.265 e. The summed E-state index contributed by atoms with van der Waals surface area (Å²) in [5.41, 5.74) is 2.10. The first-order chi connectivity index (χ1) is 15.6. The Morgan fingerprint density at radius 1 is 1.12 bits per heavy atom.